The summed E-state index contributed by atoms with van der Waals surface area (Å²) in [4.78, 5) is 26.9. The second kappa shape index (κ2) is 4.29. The van der Waals surface area contributed by atoms with Crippen molar-refractivity contribution in [3.63, 3.8) is 0 Å². The van der Waals surface area contributed by atoms with Crippen LogP contribution in [0.2, 0.25) is 0 Å². The van der Waals surface area contributed by atoms with Gasteiger partial charge in [0, 0.05) is 18.8 Å². The molecule has 2 heterocycles. The fraction of sp³-hybridized carbons (Fsp3) is 0.562. The van der Waals surface area contributed by atoms with Crippen LogP contribution in [0.3, 0.4) is 0 Å². The van der Waals surface area contributed by atoms with Crippen LogP contribution in [0, 0.1) is 30.6 Å². The van der Waals surface area contributed by atoms with E-state index in [1.165, 1.54) is 4.90 Å². The number of imide groups is 1. The average molecular weight is 285 g/mol. The van der Waals surface area contributed by atoms with Crippen molar-refractivity contribution in [2.75, 3.05) is 0 Å². The quantitative estimate of drug-likeness (QED) is 0.610. The molecule has 3 aliphatic carbocycles. The van der Waals surface area contributed by atoms with E-state index in [0.717, 1.165) is 24.1 Å². The molecular weight excluding hydrogens is 266 g/mol. The Hall–Kier alpha value is -1.91. The van der Waals surface area contributed by atoms with Crippen molar-refractivity contribution in [1.82, 2.24) is 14.7 Å². The fourth-order valence-electron chi connectivity index (χ4n) is 4.27. The zero-order valence-corrected chi connectivity index (χ0v) is 12.3. The van der Waals surface area contributed by atoms with Crippen LogP contribution in [0.4, 0.5) is 0 Å². The number of amides is 2. The summed E-state index contributed by atoms with van der Waals surface area (Å²) in [6.45, 7) is 2.28. The lowest BCUT2D eigenvalue weighted by atomic mass is 9.63. The van der Waals surface area contributed by atoms with Gasteiger partial charge in [0.25, 0.3) is 0 Å². The molecule has 1 aromatic rings. The first-order valence-electron chi connectivity index (χ1n) is 7.59. The highest BCUT2D eigenvalue weighted by atomic mass is 16.2. The van der Waals surface area contributed by atoms with E-state index in [0.29, 0.717) is 6.54 Å². The number of rotatable bonds is 2. The number of fused-ring (bicyclic) bond motifs is 1. The number of hydrogen-bond donors (Lipinski definition) is 0. The zero-order chi connectivity index (χ0) is 14.7. The van der Waals surface area contributed by atoms with Gasteiger partial charge in [-0.2, -0.15) is 5.10 Å². The highest BCUT2D eigenvalue weighted by Gasteiger charge is 2.56. The van der Waals surface area contributed by atoms with Gasteiger partial charge in [-0.25, -0.2) is 0 Å². The highest BCUT2D eigenvalue weighted by Crippen LogP contribution is 2.49. The molecule has 1 aliphatic heterocycles. The van der Waals surface area contributed by atoms with Gasteiger partial charge in [-0.15, -0.1) is 0 Å². The van der Waals surface area contributed by atoms with Crippen LogP contribution >= 0.6 is 0 Å². The average Bonchev–Trinajstić information content (AvgIpc) is 2.93. The summed E-state index contributed by atoms with van der Waals surface area (Å²) in [7, 11) is 1.86. The Bertz CT molecular complexity index is 628. The van der Waals surface area contributed by atoms with Crippen LogP contribution in [0.15, 0.2) is 18.3 Å². The van der Waals surface area contributed by atoms with E-state index in [9.17, 15) is 9.59 Å². The second-order valence-electron chi connectivity index (χ2n) is 6.52. The summed E-state index contributed by atoms with van der Waals surface area (Å²) in [5.41, 5.74) is 1.84. The molecule has 4 aliphatic rings. The van der Waals surface area contributed by atoms with Gasteiger partial charge in [-0.1, -0.05) is 12.2 Å². The van der Waals surface area contributed by atoms with Gasteiger partial charge >= 0.3 is 0 Å². The van der Waals surface area contributed by atoms with Gasteiger partial charge in [0.05, 0.1) is 24.1 Å². The van der Waals surface area contributed by atoms with Crippen molar-refractivity contribution in [3.8, 4) is 0 Å². The molecule has 5 heteroatoms. The lowest BCUT2D eigenvalue weighted by Gasteiger charge is -2.38. The van der Waals surface area contributed by atoms with Crippen molar-refractivity contribution in [2.45, 2.75) is 26.3 Å². The Labute approximate surface area is 123 Å². The number of nitrogens with zero attached hydrogens (tertiary/aromatic N) is 3. The molecule has 0 N–H and O–H groups in total. The van der Waals surface area contributed by atoms with Gasteiger partial charge in [0.15, 0.2) is 0 Å². The minimum absolute atomic E-state index is 0.0207. The van der Waals surface area contributed by atoms with E-state index in [1.54, 1.807) is 4.68 Å². The van der Waals surface area contributed by atoms with E-state index in [1.807, 2.05) is 20.2 Å². The summed E-state index contributed by atoms with van der Waals surface area (Å²) >= 11 is 0. The van der Waals surface area contributed by atoms with Crippen molar-refractivity contribution in [3.05, 3.63) is 29.6 Å². The molecule has 4 atom stereocenters. The van der Waals surface area contributed by atoms with E-state index in [4.69, 9.17) is 0 Å². The third-order valence-corrected chi connectivity index (χ3v) is 5.29. The molecule has 2 fully saturated rings. The van der Waals surface area contributed by atoms with E-state index in [-0.39, 0.29) is 35.5 Å². The van der Waals surface area contributed by atoms with E-state index >= 15 is 0 Å². The number of likely N-dealkylation sites (tertiary alicyclic amines) is 1. The van der Waals surface area contributed by atoms with Crippen LogP contribution in [0.5, 0.6) is 0 Å². The Morgan fingerprint density at radius 2 is 1.71 bits per heavy atom. The van der Waals surface area contributed by atoms with Gasteiger partial charge in [-0.05, 0) is 31.6 Å². The minimum atomic E-state index is -0.113. The topological polar surface area (TPSA) is 55.2 Å². The highest BCUT2D eigenvalue weighted by molar-refractivity contribution is 6.06. The molecule has 0 aromatic carbocycles. The van der Waals surface area contributed by atoms with Gasteiger partial charge < -0.3 is 0 Å². The van der Waals surface area contributed by atoms with Crippen molar-refractivity contribution in [2.24, 2.45) is 30.7 Å². The third kappa shape index (κ3) is 1.73. The summed E-state index contributed by atoms with van der Waals surface area (Å²) < 4.78 is 1.73. The summed E-state index contributed by atoms with van der Waals surface area (Å²) in [6, 6.07) is 0. The Morgan fingerprint density at radius 3 is 2.14 bits per heavy atom. The number of hydrogen-bond acceptors (Lipinski definition) is 3. The van der Waals surface area contributed by atoms with Gasteiger partial charge in [0.1, 0.15) is 0 Å². The first kappa shape index (κ1) is 12.8. The molecule has 0 spiro atoms. The number of allylic oxidation sites excluding steroid dienone is 2. The van der Waals surface area contributed by atoms with Crippen LogP contribution in [-0.4, -0.2) is 26.5 Å². The van der Waals surface area contributed by atoms with Crippen LogP contribution in [0.25, 0.3) is 0 Å². The van der Waals surface area contributed by atoms with Gasteiger partial charge in [0.2, 0.25) is 11.8 Å². The minimum Gasteiger partial charge on any atom is -0.277 e. The predicted molar refractivity (Wildman–Crippen MR) is 75.8 cm³/mol. The Morgan fingerprint density at radius 1 is 1.14 bits per heavy atom. The first-order chi connectivity index (χ1) is 10.1. The standard InChI is InChI=1S/C16H19N3O2/c1-9-12(7-18(2)17-9)8-19-15(20)13-10-3-4-11(6-5-10)14(13)16(19)21/h3-4,7,10-11,13-14H,5-6,8H2,1-2H3. The second-order valence-corrected chi connectivity index (χ2v) is 6.52. The summed E-state index contributed by atoms with van der Waals surface area (Å²) in [6.07, 6.45) is 8.28. The van der Waals surface area contributed by atoms with E-state index < -0.39 is 0 Å². The number of aryl methyl sites for hydroxylation is 2. The lowest BCUT2D eigenvalue weighted by molar-refractivity contribution is -0.140. The molecule has 4 unspecified atom stereocenters. The SMILES string of the molecule is Cc1nn(C)cc1CN1C(=O)C2C3C=CC(CC3)C2C1=O. The monoisotopic (exact) mass is 285 g/mol. The number of carbonyl (C=O) groups is 2. The molecule has 2 amide bonds. The van der Waals surface area contributed by atoms with Crippen molar-refractivity contribution < 1.29 is 9.59 Å². The normalized spacial score (nSPS) is 33.9. The molecule has 5 nitrogen and oxygen atoms in total. The maximum Gasteiger partial charge on any atom is 0.234 e. The maximum absolute atomic E-state index is 12.7. The molecule has 1 saturated heterocycles. The van der Waals surface area contributed by atoms with Crippen molar-refractivity contribution in [1.29, 1.82) is 0 Å². The predicted octanol–water partition coefficient (Wildman–Crippen LogP) is 1.43. The smallest absolute Gasteiger partial charge is 0.234 e. The molecule has 5 rings (SSSR count). The van der Waals surface area contributed by atoms with Crippen LogP contribution in [0.1, 0.15) is 24.1 Å². The molecule has 1 saturated carbocycles. The van der Waals surface area contributed by atoms with E-state index in [2.05, 4.69) is 17.3 Å². The summed E-state index contributed by atoms with van der Waals surface area (Å²) in [5, 5.41) is 4.29. The van der Waals surface area contributed by atoms with Crippen LogP contribution < -0.4 is 0 Å². The Balaban J connectivity index is 1.65. The number of aromatic nitrogens is 2. The first-order valence-corrected chi connectivity index (χ1v) is 7.59. The molecular formula is C16H19N3O2. The third-order valence-electron chi connectivity index (χ3n) is 5.29. The van der Waals surface area contributed by atoms with Crippen molar-refractivity contribution >= 4 is 11.8 Å². The maximum atomic E-state index is 12.7. The Kier molecular flexibility index (Phi) is 2.62. The lowest BCUT2D eigenvalue weighted by Crippen LogP contribution is -2.38. The number of carbonyl (C=O) groups excluding carboxylic acids is 2. The van der Waals surface area contributed by atoms with Gasteiger partial charge in [-0.3, -0.25) is 19.2 Å². The largest absolute Gasteiger partial charge is 0.277 e. The molecule has 2 bridgehead atoms. The summed E-state index contributed by atoms with van der Waals surface area (Å²) in [5.74, 6) is 0.337. The molecule has 1 aromatic heterocycles. The van der Waals surface area contributed by atoms with Crippen LogP contribution in [-0.2, 0) is 23.2 Å². The molecule has 21 heavy (non-hydrogen) atoms. The zero-order valence-electron chi connectivity index (χ0n) is 12.3. The fourth-order valence-corrected chi connectivity index (χ4v) is 4.27. The molecule has 0 radical (unpaired) electrons. The molecule has 110 valence electrons.